The fourth-order valence-electron chi connectivity index (χ4n) is 1.53. The van der Waals surface area contributed by atoms with Crippen molar-refractivity contribution < 1.29 is 14.3 Å². The summed E-state index contributed by atoms with van der Waals surface area (Å²) in [6.45, 7) is 1.26. The molecule has 1 N–H and O–H groups in total. The van der Waals surface area contributed by atoms with E-state index in [9.17, 15) is 9.59 Å². The second-order valence-corrected chi connectivity index (χ2v) is 3.84. The lowest BCUT2D eigenvalue weighted by Gasteiger charge is -2.03. The number of carbonyl (C=O) groups excluding carboxylic acids is 2. The molecule has 4 nitrogen and oxygen atoms in total. The summed E-state index contributed by atoms with van der Waals surface area (Å²) in [5.74, 6) is -0.0303. The number of carbonyl (C=O) groups is 2. The van der Waals surface area contributed by atoms with Gasteiger partial charge in [0.05, 0.1) is 6.61 Å². The number of cyclic esters (lactones) is 1. The Bertz CT molecular complexity index is 194. The average molecular weight is 213 g/mol. The van der Waals surface area contributed by atoms with Crippen molar-refractivity contribution in [2.24, 2.45) is 0 Å². The van der Waals surface area contributed by atoms with E-state index in [1.54, 1.807) is 0 Å². The van der Waals surface area contributed by atoms with Crippen molar-refractivity contribution in [3.05, 3.63) is 0 Å². The number of nitrogens with one attached hydrogen (secondary N) is 1. The molecule has 86 valence electrons. The molecule has 0 radical (unpaired) electrons. The first-order valence-electron chi connectivity index (χ1n) is 5.71. The Balaban J connectivity index is 2.27. The molecule has 0 aromatic carbocycles. The summed E-state index contributed by atoms with van der Waals surface area (Å²) in [6.07, 6.45) is 5.31. The fourth-order valence-corrected chi connectivity index (χ4v) is 1.53. The maximum absolute atomic E-state index is 11.2. The van der Waals surface area contributed by atoms with Crippen molar-refractivity contribution in [1.82, 2.24) is 5.32 Å². The Morgan fingerprint density at radius 3 is 2.60 bits per heavy atom. The Morgan fingerprint density at radius 2 is 1.73 bits per heavy atom. The zero-order chi connectivity index (χ0) is 10.9. The summed E-state index contributed by atoms with van der Waals surface area (Å²) in [4.78, 5) is 22.4. The molecule has 1 saturated heterocycles. The van der Waals surface area contributed by atoms with Crippen molar-refractivity contribution in [2.75, 3.05) is 13.2 Å². The topological polar surface area (TPSA) is 55.4 Å². The molecule has 0 spiro atoms. The minimum atomic E-state index is -0.130. The van der Waals surface area contributed by atoms with Crippen LogP contribution in [-0.2, 0) is 14.3 Å². The average Bonchev–Trinajstić information content (AvgIpc) is 2.23. The first kappa shape index (κ1) is 12.0. The highest BCUT2D eigenvalue weighted by atomic mass is 16.5. The first-order chi connectivity index (χ1) is 7.29. The van der Waals surface area contributed by atoms with Crippen molar-refractivity contribution in [1.29, 1.82) is 0 Å². The largest absolute Gasteiger partial charge is 0.466 e. The molecule has 1 heterocycles. The molecular formula is C11H19NO3. The summed E-state index contributed by atoms with van der Waals surface area (Å²) in [7, 11) is 0. The maximum Gasteiger partial charge on any atom is 0.305 e. The van der Waals surface area contributed by atoms with Gasteiger partial charge in [0.25, 0.3) is 0 Å². The van der Waals surface area contributed by atoms with Gasteiger partial charge in [-0.25, -0.2) is 0 Å². The monoisotopic (exact) mass is 213 g/mol. The third kappa shape index (κ3) is 6.10. The molecule has 0 aromatic heterocycles. The van der Waals surface area contributed by atoms with Gasteiger partial charge in [0, 0.05) is 19.4 Å². The first-order valence-corrected chi connectivity index (χ1v) is 5.71. The fraction of sp³-hybridized carbons (Fsp3) is 0.818. The molecular weight excluding hydrogens is 194 g/mol. The van der Waals surface area contributed by atoms with E-state index in [1.165, 1.54) is 0 Å². The highest BCUT2D eigenvalue weighted by Gasteiger charge is 2.06. The van der Waals surface area contributed by atoms with Gasteiger partial charge in [-0.15, -0.1) is 0 Å². The highest BCUT2D eigenvalue weighted by Crippen LogP contribution is 2.04. The summed E-state index contributed by atoms with van der Waals surface area (Å²) in [5.41, 5.74) is 0. The van der Waals surface area contributed by atoms with Gasteiger partial charge in [-0.1, -0.05) is 0 Å². The van der Waals surface area contributed by atoms with Crippen molar-refractivity contribution in [3.8, 4) is 0 Å². The van der Waals surface area contributed by atoms with Crippen LogP contribution in [0, 0.1) is 0 Å². The molecule has 0 unspecified atom stereocenters. The van der Waals surface area contributed by atoms with Gasteiger partial charge < -0.3 is 10.1 Å². The third-order valence-corrected chi connectivity index (χ3v) is 2.44. The van der Waals surface area contributed by atoms with Gasteiger partial charge in [-0.2, -0.15) is 0 Å². The molecule has 1 amide bonds. The lowest BCUT2D eigenvalue weighted by Crippen LogP contribution is -2.23. The normalized spacial score (nSPS) is 21.6. The second kappa shape index (κ2) is 7.26. The molecule has 1 fully saturated rings. The predicted octanol–water partition coefficient (Wildman–Crippen LogP) is 1.39. The smallest absolute Gasteiger partial charge is 0.305 e. The van der Waals surface area contributed by atoms with Crippen molar-refractivity contribution in [2.45, 2.75) is 44.9 Å². The Morgan fingerprint density at radius 1 is 0.933 bits per heavy atom. The molecule has 15 heavy (non-hydrogen) atoms. The van der Waals surface area contributed by atoms with E-state index >= 15 is 0 Å². The molecule has 1 aliphatic heterocycles. The van der Waals surface area contributed by atoms with Crippen LogP contribution in [0.15, 0.2) is 0 Å². The van der Waals surface area contributed by atoms with Crippen LogP contribution in [0.3, 0.4) is 0 Å². The van der Waals surface area contributed by atoms with Crippen LogP contribution in [0.1, 0.15) is 44.9 Å². The minimum absolute atomic E-state index is 0.0996. The summed E-state index contributed by atoms with van der Waals surface area (Å²) >= 11 is 0. The number of hydrogen-bond acceptors (Lipinski definition) is 3. The van der Waals surface area contributed by atoms with E-state index in [1.807, 2.05) is 0 Å². The standard InChI is InChI=1S/C11H19NO3/c13-10-6-2-3-7-11(14)15-9-5-1-4-8-12-10/h1-9H2,(H,12,13). The number of rotatable bonds is 0. The van der Waals surface area contributed by atoms with Crippen LogP contribution >= 0.6 is 0 Å². The zero-order valence-electron chi connectivity index (χ0n) is 9.09. The van der Waals surface area contributed by atoms with Crippen LogP contribution in [0.4, 0.5) is 0 Å². The molecule has 4 heteroatoms. The van der Waals surface area contributed by atoms with Crippen LogP contribution in [0.5, 0.6) is 0 Å². The van der Waals surface area contributed by atoms with E-state index in [0.717, 1.165) is 38.6 Å². The summed E-state index contributed by atoms with van der Waals surface area (Å²) in [5, 5.41) is 2.87. The van der Waals surface area contributed by atoms with E-state index in [4.69, 9.17) is 4.74 Å². The van der Waals surface area contributed by atoms with Gasteiger partial charge in [-0.3, -0.25) is 9.59 Å². The lowest BCUT2D eigenvalue weighted by molar-refractivity contribution is -0.144. The van der Waals surface area contributed by atoms with E-state index in [-0.39, 0.29) is 11.9 Å². The number of hydrogen-bond donors (Lipinski definition) is 1. The molecule has 0 bridgehead atoms. The van der Waals surface area contributed by atoms with E-state index in [2.05, 4.69) is 5.32 Å². The van der Waals surface area contributed by atoms with Gasteiger partial charge in [0.1, 0.15) is 0 Å². The Kier molecular flexibility index (Phi) is 5.81. The molecule has 0 aromatic rings. The number of amides is 1. The lowest BCUT2D eigenvalue weighted by atomic mass is 10.2. The predicted molar refractivity (Wildman–Crippen MR) is 56.3 cm³/mol. The van der Waals surface area contributed by atoms with Gasteiger partial charge in [-0.05, 0) is 32.1 Å². The quantitative estimate of drug-likeness (QED) is 0.619. The molecule has 0 saturated carbocycles. The van der Waals surface area contributed by atoms with Crippen LogP contribution in [0.2, 0.25) is 0 Å². The van der Waals surface area contributed by atoms with Gasteiger partial charge in [0.2, 0.25) is 5.91 Å². The minimum Gasteiger partial charge on any atom is -0.466 e. The van der Waals surface area contributed by atoms with E-state index in [0.29, 0.717) is 19.4 Å². The third-order valence-electron chi connectivity index (χ3n) is 2.44. The highest BCUT2D eigenvalue weighted by molar-refractivity contribution is 5.75. The Labute approximate surface area is 90.4 Å². The molecule has 1 rings (SSSR count). The van der Waals surface area contributed by atoms with Crippen molar-refractivity contribution in [3.63, 3.8) is 0 Å². The molecule has 0 atom stereocenters. The number of ether oxygens (including phenoxy) is 1. The van der Waals surface area contributed by atoms with E-state index < -0.39 is 0 Å². The Hall–Kier alpha value is -1.06. The summed E-state index contributed by atoms with van der Waals surface area (Å²) in [6, 6.07) is 0. The van der Waals surface area contributed by atoms with Crippen LogP contribution < -0.4 is 5.32 Å². The van der Waals surface area contributed by atoms with Gasteiger partial charge >= 0.3 is 5.97 Å². The van der Waals surface area contributed by atoms with Crippen molar-refractivity contribution >= 4 is 11.9 Å². The maximum atomic E-state index is 11.2. The van der Waals surface area contributed by atoms with Crippen LogP contribution in [0.25, 0.3) is 0 Å². The zero-order valence-corrected chi connectivity index (χ0v) is 9.09. The second-order valence-electron chi connectivity index (χ2n) is 3.84. The number of esters is 1. The molecule has 1 aliphatic rings. The SMILES string of the molecule is O=C1CCCCC(=O)OCCCCCN1. The summed E-state index contributed by atoms with van der Waals surface area (Å²) < 4.78 is 5.04. The van der Waals surface area contributed by atoms with Gasteiger partial charge in [0.15, 0.2) is 0 Å². The van der Waals surface area contributed by atoms with Crippen LogP contribution in [-0.4, -0.2) is 25.0 Å². The molecule has 0 aliphatic carbocycles.